The van der Waals surface area contributed by atoms with Crippen molar-refractivity contribution in [3.05, 3.63) is 35.9 Å². The molecular formula is C23H35N3O4S. The third-order valence-electron chi connectivity index (χ3n) is 5.04. The second-order valence-electron chi connectivity index (χ2n) is 8.36. The summed E-state index contributed by atoms with van der Waals surface area (Å²) in [4.78, 5) is 41.2. The fourth-order valence-electron chi connectivity index (χ4n) is 3.62. The summed E-state index contributed by atoms with van der Waals surface area (Å²) in [6.07, 6.45) is 2.19. The van der Waals surface area contributed by atoms with Crippen molar-refractivity contribution in [2.75, 3.05) is 38.2 Å². The van der Waals surface area contributed by atoms with Gasteiger partial charge in [0.1, 0.15) is 6.04 Å². The van der Waals surface area contributed by atoms with Crippen LogP contribution in [0.15, 0.2) is 30.3 Å². The van der Waals surface area contributed by atoms with Gasteiger partial charge in [-0.05, 0) is 29.9 Å². The van der Waals surface area contributed by atoms with Crippen molar-refractivity contribution in [3.8, 4) is 0 Å². The molecule has 1 N–H and O–H groups in total. The van der Waals surface area contributed by atoms with Crippen LogP contribution in [-0.2, 0) is 25.7 Å². The van der Waals surface area contributed by atoms with Gasteiger partial charge in [0, 0.05) is 26.6 Å². The highest BCUT2D eigenvalue weighted by Gasteiger charge is 2.34. The van der Waals surface area contributed by atoms with Gasteiger partial charge in [-0.1, -0.05) is 44.2 Å². The van der Waals surface area contributed by atoms with E-state index in [4.69, 9.17) is 4.74 Å². The molecule has 0 radical (unpaired) electrons. The lowest BCUT2D eigenvalue weighted by Gasteiger charge is -2.28. The standard InChI is InChI=1S/C23H35N3O4S/c1-17(2)12-25-13-20(30-16-19-8-6-5-7-9-19)14-26(15-22(25)28)23(29)21(10-11-31-4)24-18(3)27/h5-9,17,20-21H,10-16H2,1-4H3,(H,24,27)/t20?,21-/m0/s1. The van der Waals surface area contributed by atoms with Crippen molar-refractivity contribution in [2.24, 2.45) is 5.92 Å². The first kappa shape index (κ1) is 25.2. The summed E-state index contributed by atoms with van der Waals surface area (Å²) in [6.45, 7) is 7.35. The topological polar surface area (TPSA) is 79.0 Å². The van der Waals surface area contributed by atoms with Crippen molar-refractivity contribution in [1.29, 1.82) is 0 Å². The quantitative estimate of drug-likeness (QED) is 0.592. The first-order valence-electron chi connectivity index (χ1n) is 10.8. The number of amides is 3. The number of hydrogen-bond donors (Lipinski definition) is 1. The minimum atomic E-state index is -0.635. The molecule has 1 fully saturated rings. The van der Waals surface area contributed by atoms with E-state index in [-0.39, 0.29) is 30.4 Å². The molecule has 31 heavy (non-hydrogen) atoms. The molecule has 0 saturated carbocycles. The second kappa shape index (κ2) is 12.7. The van der Waals surface area contributed by atoms with Crippen molar-refractivity contribution in [2.45, 2.75) is 45.9 Å². The number of carbonyl (C=O) groups is 3. The van der Waals surface area contributed by atoms with Crippen LogP contribution >= 0.6 is 11.8 Å². The molecule has 2 atom stereocenters. The van der Waals surface area contributed by atoms with Crippen molar-refractivity contribution >= 4 is 29.5 Å². The van der Waals surface area contributed by atoms with E-state index in [1.54, 1.807) is 21.6 Å². The van der Waals surface area contributed by atoms with Crippen molar-refractivity contribution in [3.63, 3.8) is 0 Å². The molecule has 1 saturated heterocycles. The molecule has 7 nitrogen and oxygen atoms in total. The number of nitrogens with zero attached hydrogens (tertiary/aromatic N) is 2. The molecule has 1 heterocycles. The highest BCUT2D eigenvalue weighted by atomic mass is 32.2. The number of nitrogens with one attached hydrogen (secondary N) is 1. The Morgan fingerprint density at radius 1 is 1.23 bits per heavy atom. The van der Waals surface area contributed by atoms with Crippen LogP contribution in [-0.4, -0.2) is 77.9 Å². The van der Waals surface area contributed by atoms with Crippen LogP contribution in [0, 0.1) is 5.92 Å². The zero-order valence-corrected chi connectivity index (χ0v) is 19.8. The fraction of sp³-hybridized carbons (Fsp3) is 0.609. The first-order valence-corrected chi connectivity index (χ1v) is 12.2. The van der Waals surface area contributed by atoms with Gasteiger partial charge < -0.3 is 19.9 Å². The molecule has 172 valence electrons. The van der Waals surface area contributed by atoms with E-state index >= 15 is 0 Å². The summed E-state index contributed by atoms with van der Waals surface area (Å²) >= 11 is 1.62. The average Bonchev–Trinajstić information content (AvgIpc) is 2.88. The predicted octanol–water partition coefficient (Wildman–Crippen LogP) is 2.16. The number of ether oxygens (including phenoxy) is 1. The Morgan fingerprint density at radius 2 is 1.94 bits per heavy atom. The van der Waals surface area contributed by atoms with Gasteiger partial charge in [0.2, 0.25) is 17.7 Å². The summed E-state index contributed by atoms with van der Waals surface area (Å²) in [7, 11) is 0. The average molecular weight is 450 g/mol. The number of rotatable bonds is 10. The predicted molar refractivity (Wildman–Crippen MR) is 124 cm³/mol. The highest BCUT2D eigenvalue weighted by molar-refractivity contribution is 7.98. The molecule has 0 spiro atoms. The van der Waals surface area contributed by atoms with Gasteiger partial charge in [0.25, 0.3) is 0 Å². The van der Waals surface area contributed by atoms with E-state index in [1.807, 2.05) is 36.6 Å². The maximum Gasteiger partial charge on any atom is 0.245 e. The van der Waals surface area contributed by atoms with E-state index in [1.165, 1.54) is 6.92 Å². The van der Waals surface area contributed by atoms with Gasteiger partial charge >= 0.3 is 0 Å². The molecule has 1 aromatic carbocycles. The van der Waals surface area contributed by atoms with E-state index in [0.29, 0.717) is 38.6 Å². The molecule has 3 amide bonds. The van der Waals surface area contributed by atoms with E-state index in [9.17, 15) is 14.4 Å². The molecule has 0 bridgehead atoms. The summed E-state index contributed by atoms with van der Waals surface area (Å²) in [5.41, 5.74) is 1.04. The van der Waals surface area contributed by atoms with Crippen LogP contribution in [0.1, 0.15) is 32.8 Å². The van der Waals surface area contributed by atoms with Gasteiger partial charge in [0.15, 0.2) is 0 Å². The number of hydrogen-bond acceptors (Lipinski definition) is 5. The number of carbonyl (C=O) groups excluding carboxylic acids is 3. The Bertz CT molecular complexity index is 729. The van der Waals surface area contributed by atoms with Crippen LogP contribution < -0.4 is 5.32 Å². The molecule has 1 aromatic rings. The fourth-order valence-corrected chi connectivity index (χ4v) is 4.09. The van der Waals surface area contributed by atoms with Gasteiger partial charge in [-0.2, -0.15) is 11.8 Å². The smallest absolute Gasteiger partial charge is 0.245 e. The van der Waals surface area contributed by atoms with E-state index in [0.717, 1.165) is 11.3 Å². The molecule has 1 aliphatic rings. The van der Waals surface area contributed by atoms with Crippen molar-refractivity contribution in [1.82, 2.24) is 15.1 Å². The van der Waals surface area contributed by atoms with Crippen LogP contribution in [0.25, 0.3) is 0 Å². The largest absolute Gasteiger partial charge is 0.370 e. The van der Waals surface area contributed by atoms with Gasteiger partial charge in [-0.3, -0.25) is 14.4 Å². The first-order chi connectivity index (χ1) is 14.8. The summed E-state index contributed by atoms with van der Waals surface area (Å²) in [5.74, 6) is 0.497. The van der Waals surface area contributed by atoms with Gasteiger partial charge in [-0.15, -0.1) is 0 Å². The number of thioether (sulfide) groups is 1. The summed E-state index contributed by atoms with van der Waals surface area (Å²) < 4.78 is 6.15. The Labute approximate surface area is 189 Å². The third kappa shape index (κ3) is 8.53. The lowest BCUT2D eigenvalue weighted by molar-refractivity contribution is -0.141. The summed E-state index contributed by atoms with van der Waals surface area (Å²) in [5, 5.41) is 2.75. The van der Waals surface area contributed by atoms with Gasteiger partial charge in [0.05, 0.1) is 19.3 Å². The molecule has 8 heteroatoms. The van der Waals surface area contributed by atoms with Crippen LogP contribution in [0.2, 0.25) is 0 Å². The Hall–Kier alpha value is -2.06. The Balaban J connectivity index is 2.17. The molecule has 0 aromatic heterocycles. The maximum absolute atomic E-state index is 13.3. The second-order valence-corrected chi connectivity index (χ2v) is 9.35. The monoisotopic (exact) mass is 449 g/mol. The zero-order valence-electron chi connectivity index (χ0n) is 19.0. The maximum atomic E-state index is 13.3. The lowest BCUT2D eigenvalue weighted by Crippen LogP contribution is -2.51. The van der Waals surface area contributed by atoms with Crippen LogP contribution in [0.5, 0.6) is 0 Å². The normalized spacial score (nSPS) is 18.1. The Kier molecular flexibility index (Phi) is 10.3. The molecular weight excluding hydrogens is 414 g/mol. The van der Waals surface area contributed by atoms with Crippen molar-refractivity contribution < 1.29 is 19.1 Å². The Morgan fingerprint density at radius 3 is 2.55 bits per heavy atom. The molecule has 0 aliphatic carbocycles. The number of benzene rings is 1. The SMILES string of the molecule is CSCC[C@H](NC(C)=O)C(=O)N1CC(=O)N(CC(C)C)CC(OCc2ccccc2)C1. The van der Waals surface area contributed by atoms with Crippen LogP contribution in [0.4, 0.5) is 0 Å². The molecule has 1 unspecified atom stereocenters. The third-order valence-corrected chi connectivity index (χ3v) is 5.68. The minimum absolute atomic E-state index is 0.00605. The minimum Gasteiger partial charge on any atom is -0.370 e. The molecule has 1 aliphatic heterocycles. The highest BCUT2D eigenvalue weighted by Crippen LogP contribution is 2.15. The van der Waals surface area contributed by atoms with Gasteiger partial charge in [-0.25, -0.2) is 0 Å². The zero-order chi connectivity index (χ0) is 22.8. The van der Waals surface area contributed by atoms with Crippen LogP contribution in [0.3, 0.4) is 0 Å². The van der Waals surface area contributed by atoms with E-state index in [2.05, 4.69) is 19.2 Å². The van der Waals surface area contributed by atoms with E-state index < -0.39 is 6.04 Å². The molecule has 2 rings (SSSR count). The summed E-state index contributed by atoms with van der Waals surface area (Å²) in [6, 6.07) is 9.22. The lowest BCUT2D eigenvalue weighted by atomic mass is 10.1.